The summed E-state index contributed by atoms with van der Waals surface area (Å²) in [7, 11) is 0. The predicted octanol–water partition coefficient (Wildman–Crippen LogP) is 0.257. The van der Waals surface area contributed by atoms with Crippen LogP contribution in [0.4, 0.5) is 0 Å². The van der Waals surface area contributed by atoms with E-state index >= 15 is 0 Å². The molecular weight excluding hydrogens is 124 g/mol. The summed E-state index contributed by atoms with van der Waals surface area (Å²) in [5.41, 5.74) is 0. The topological polar surface area (TPSA) is 28.7 Å². The number of fused-ring (bicyclic) bond motifs is 1. The van der Waals surface area contributed by atoms with Crippen molar-refractivity contribution in [3.8, 4) is 0 Å². The van der Waals surface area contributed by atoms with E-state index in [1.165, 1.54) is 5.35 Å². The van der Waals surface area contributed by atoms with Crippen LogP contribution in [0.1, 0.15) is 14.8 Å². The molecule has 0 saturated carbocycles. The van der Waals surface area contributed by atoms with Crippen molar-refractivity contribution in [2.24, 2.45) is 5.92 Å². The van der Waals surface area contributed by atoms with E-state index < -0.39 is 0 Å². The molecule has 1 aromatic rings. The highest BCUT2D eigenvalue weighted by Crippen LogP contribution is 2.04. The summed E-state index contributed by atoms with van der Waals surface area (Å²) in [5.74, 6) is 0.660. The van der Waals surface area contributed by atoms with Crippen molar-refractivity contribution in [3.63, 3.8) is 0 Å². The average molecular weight is 136 g/mol. The van der Waals surface area contributed by atoms with Crippen molar-refractivity contribution in [1.82, 2.24) is 9.97 Å². The molecule has 1 aliphatic rings. The average Bonchev–Trinajstić information content (AvgIpc) is 2.33. The number of nitrogens with zero attached hydrogens (tertiary/aromatic N) is 1. The third-order valence-corrected chi connectivity index (χ3v) is 1.83. The Morgan fingerprint density at radius 3 is 3.60 bits per heavy atom. The Bertz CT molecular complexity index is 339. The van der Waals surface area contributed by atoms with Gasteiger partial charge in [-0.15, -0.1) is 0 Å². The standard InChI is InChI=1S/C8H10N2.H2/c1-6-2-3-7-8(4-6)10-5-9-7;/h3-6H,2H2,1H3,(H,9,10);1H. The summed E-state index contributed by atoms with van der Waals surface area (Å²) in [6.45, 7) is 2.21. The molecule has 0 amide bonds. The van der Waals surface area contributed by atoms with Gasteiger partial charge in [0.05, 0.1) is 17.0 Å². The second-order valence-electron chi connectivity index (χ2n) is 2.79. The monoisotopic (exact) mass is 136 g/mol. The maximum absolute atomic E-state index is 4.15. The van der Waals surface area contributed by atoms with Crippen molar-refractivity contribution in [2.45, 2.75) is 13.3 Å². The van der Waals surface area contributed by atoms with E-state index in [4.69, 9.17) is 0 Å². The summed E-state index contributed by atoms with van der Waals surface area (Å²) >= 11 is 0. The van der Waals surface area contributed by atoms with Gasteiger partial charge in [-0.3, -0.25) is 0 Å². The molecule has 0 aromatic carbocycles. The van der Waals surface area contributed by atoms with E-state index in [1.54, 1.807) is 6.33 Å². The molecule has 0 saturated heterocycles. The number of aromatic amines is 1. The number of imidazole rings is 1. The van der Waals surface area contributed by atoms with Crippen LogP contribution in [-0.4, -0.2) is 9.97 Å². The number of hydrogen-bond acceptors (Lipinski definition) is 1. The lowest BCUT2D eigenvalue weighted by Gasteiger charge is -2.02. The van der Waals surface area contributed by atoms with Gasteiger partial charge in [0.2, 0.25) is 0 Å². The zero-order valence-electron chi connectivity index (χ0n) is 5.96. The number of H-pyrrole nitrogens is 1. The fourth-order valence-corrected chi connectivity index (χ4v) is 1.26. The van der Waals surface area contributed by atoms with Crippen molar-refractivity contribution >= 4 is 12.2 Å². The molecule has 2 rings (SSSR count). The van der Waals surface area contributed by atoms with Crippen molar-refractivity contribution in [2.75, 3.05) is 0 Å². The molecule has 1 unspecified atom stereocenters. The molecule has 0 fully saturated rings. The van der Waals surface area contributed by atoms with Crippen LogP contribution >= 0.6 is 0 Å². The number of hydrogen-bond donors (Lipinski definition) is 1. The largest absolute Gasteiger partial charge is 0.345 e. The molecule has 1 aliphatic carbocycles. The van der Waals surface area contributed by atoms with Crippen molar-refractivity contribution < 1.29 is 1.43 Å². The molecule has 2 heteroatoms. The second kappa shape index (κ2) is 1.97. The molecule has 54 valence electrons. The van der Waals surface area contributed by atoms with Gasteiger partial charge in [0, 0.05) is 1.43 Å². The Balaban J connectivity index is 0.000000605. The Kier molecular flexibility index (Phi) is 1.13. The van der Waals surface area contributed by atoms with Gasteiger partial charge in [0.15, 0.2) is 0 Å². The number of aromatic nitrogens is 2. The van der Waals surface area contributed by atoms with Gasteiger partial charge in [0.25, 0.3) is 0 Å². The zero-order chi connectivity index (χ0) is 6.97. The summed E-state index contributed by atoms with van der Waals surface area (Å²) in [5, 5.41) is 2.29. The van der Waals surface area contributed by atoms with Gasteiger partial charge in [-0.2, -0.15) is 0 Å². The molecule has 1 aromatic heterocycles. The van der Waals surface area contributed by atoms with E-state index in [9.17, 15) is 0 Å². The molecule has 1 N–H and O–H groups in total. The van der Waals surface area contributed by atoms with Gasteiger partial charge in [-0.05, 0) is 12.3 Å². The summed E-state index contributed by atoms with van der Waals surface area (Å²) in [4.78, 5) is 7.24. The van der Waals surface area contributed by atoms with Crippen molar-refractivity contribution in [1.29, 1.82) is 0 Å². The van der Waals surface area contributed by atoms with Crippen LogP contribution in [0.3, 0.4) is 0 Å². The van der Waals surface area contributed by atoms with E-state index in [0.29, 0.717) is 5.92 Å². The highest BCUT2D eigenvalue weighted by Gasteiger charge is 2.00. The first-order valence-corrected chi connectivity index (χ1v) is 3.58. The zero-order valence-corrected chi connectivity index (χ0v) is 5.96. The van der Waals surface area contributed by atoms with Crippen LogP contribution in [-0.2, 0) is 0 Å². The maximum atomic E-state index is 4.15. The molecule has 2 nitrogen and oxygen atoms in total. The van der Waals surface area contributed by atoms with Gasteiger partial charge in [-0.1, -0.05) is 19.1 Å². The lowest BCUT2D eigenvalue weighted by Crippen LogP contribution is -2.28. The normalized spacial score (nSPS) is 22.7. The Morgan fingerprint density at radius 2 is 2.70 bits per heavy atom. The lowest BCUT2D eigenvalue weighted by atomic mass is 10.0. The molecule has 0 aliphatic heterocycles. The van der Waals surface area contributed by atoms with Crippen LogP contribution in [0.5, 0.6) is 0 Å². The predicted molar refractivity (Wildman–Crippen MR) is 42.7 cm³/mol. The Hall–Kier alpha value is -1.05. The fourth-order valence-electron chi connectivity index (χ4n) is 1.26. The number of nitrogens with one attached hydrogen (secondary N) is 1. The van der Waals surface area contributed by atoms with Crippen LogP contribution in [0.2, 0.25) is 0 Å². The molecule has 0 radical (unpaired) electrons. The molecular formula is C8H12N2. The first kappa shape index (κ1) is 5.71. The van der Waals surface area contributed by atoms with Crippen LogP contribution in [0.25, 0.3) is 12.2 Å². The second-order valence-corrected chi connectivity index (χ2v) is 2.79. The minimum atomic E-state index is 0. The third-order valence-electron chi connectivity index (χ3n) is 1.83. The third kappa shape index (κ3) is 0.764. The van der Waals surface area contributed by atoms with E-state index in [1.807, 2.05) is 0 Å². The SMILES string of the molecule is CC1C=c2[nH]cnc2=CC1.[HH]. The van der Waals surface area contributed by atoms with Crippen LogP contribution in [0.15, 0.2) is 6.33 Å². The fraction of sp³-hybridized carbons (Fsp3) is 0.375. The van der Waals surface area contributed by atoms with E-state index in [0.717, 1.165) is 11.8 Å². The molecule has 10 heavy (non-hydrogen) atoms. The minimum absolute atomic E-state index is 0. The lowest BCUT2D eigenvalue weighted by molar-refractivity contribution is 0.795. The highest BCUT2D eigenvalue weighted by molar-refractivity contribution is 5.35. The first-order chi connectivity index (χ1) is 4.86. The highest BCUT2D eigenvalue weighted by atomic mass is 14.9. The molecule has 1 heterocycles. The Morgan fingerprint density at radius 1 is 1.80 bits per heavy atom. The minimum Gasteiger partial charge on any atom is -0.345 e. The maximum Gasteiger partial charge on any atom is 0.0931 e. The van der Waals surface area contributed by atoms with Gasteiger partial charge in [0.1, 0.15) is 0 Å². The summed E-state index contributed by atoms with van der Waals surface area (Å²) in [6.07, 6.45) is 7.27. The molecule has 1 atom stereocenters. The van der Waals surface area contributed by atoms with E-state index in [-0.39, 0.29) is 1.43 Å². The summed E-state index contributed by atoms with van der Waals surface area (Å²) in [6, 6.07) is 0. The molecule has 0 bridgehead atoms. The van der Waals surface area contributed by atoms with Gasteiger partial charge < -0.3 is 4.98 Å². The Labute approximate surface area is 60.8 Å². The van der Waals surface area contributed by atoms with Crippen molar-refractivity contribution in [3.05, 3.63) is 17.0 Å². The van der Waals surface area contributed by atoms with E-state index in [2.05, 4.69) is 29.0 Å². The van der Waals surface area contributed by atoms with Gasteiger partial charge in [-0.25, -0.2) is 4.98 Å². The van der Waals surface area contributed by atoms with Crippen LogP contribution < -0.4 is 10.7 Å². The van der Waals surface area contributed by atoms with Crippen LogP contribution in [0, 0.1) is 5.92 Å². The first-order valence-electron chi connectivity index (χ1n) is 3.58. The smallest absolute Gasteiger partial charge is 0.0931 e. The number of rotatable bonds is 0. The quantitative estimate of drug-likeness (QED) is 0.544. The molecule has 0 spiro atoms. The van der Waals surface area contributed by atoms with Gasteiger partial charge >= 0.3 is 0 Å². The summed E-state index contributed by atoms with van der Waals surface area (Å²) < 4.78 is 0.